The molecule has 2 aromatic rings. The smallest absolute Gasteiger partial charge is 0.115 e. The number of hydrogen-bond acceptors (Lipinski definition) is 5. The summed E-state index contributed by atoms with van der Waals surface area (Å²) < 4.78 is 5.67. The second-order valence-corrected chi connectivity index (χ2v) is 9.13. The first kappa shape index (κ1) is 22.2. The monoisotopic (exact) mass is 420 g/mol. The van der Waals surface area contributed by atoms with Crippen molar-refractivity contribution in [2.75, 3.05) is 6.61 Å². The molecule has 0 aliphatic carbocycles. The van der Waals surface area contributed by atoms with Gasteiger partial charge in [0.2, 0.25) is 0 Å². The lowest BCUT2D eigenvalue weighted by Crippen LogP contribution is -2.40. The van der Waals surface area contributed by atoms with Crippen LogP contribution in [0.3, 0.4) is 0 Å². The Hall–Kier alpha value is -1.47. The summed E-state index contributed by atoms with van der Waals surface area (Å²) in [6, 6.07) is 13.7. The van der Waals surface area contributed by atoms with Gasteiger partial charge in [0.1, 0.15) is 30.5 Å². The van der Waals surface area contributed by atoms with E-state index in [1.165, 1.54) is 5.56 Å². The summed E-state index contributed by atoms with van der Waals surface area (Å²) in [5, 5.41) is 40.1. The number of aliphatic hydroxyl groups excluding tert-OH is 4. The minimum Gasteiger partial charge on any atom is -0.394 e. The average Bonchev–Trinajstić information content (AvgIpc) is 2.98. The molecule has 1 fully saturated rings. The van der Waals surface area contributed by atoms with Gasteiger partial charge in [-0.2, -0.15) is 0 Å². The van der Waals surface area contributed by atoms with Crippen molar-refractivity contribution in [3.05, 3.63) is 69.7 Å². The van der Waals surface area contributed by atoms with Gasteiger partial charge in [0.05, 0.1) is 6.61 Å². The van der Waals surface area contributed by atoms with Gasteiger partial charge in [0.25, 0.3) is 0 Å². The number of benzene rings is 2. The van der Waals surface area contributed by atoms with Crippen LogP contribution in [0.15, 0.2) is 42.5 Å². The van der Waals surface area contributed by atoms with E-state index in [2.05, 4.69) is 45.0 Å². The minimum atomic E-state index is -1.29. The molecule has 3 rings (SSSR count). The number of rotatable bonds is 5. The third-order valence-corrected chi connectivity index (χ3v) is 5.85. The van der Waals surface area contributed by atoms with Crippen LogP contribution in [0.4, 0.5) is 0 Å². The number of aliphatic hydroxyl groups is 4. The van der Waals surface area contributed by atoms with E-state index in [4.69, 9.17) is 21.4 Å². The van der Waals surface area contributed by atoms with E-state index < -0.39 is 37.1 Å². The maximum Gasteiger partial charge on any atom is 0.115 e. The summed E-state index contributed by atoms with van der Waals surface area (Å²) in [6.07, 6.45) is -5.00. The van der Waals surface area contributed by atoms with Crippen LogP contribution in [0.5, 0.6) is 0 Å². The first-order chi connectivity index (χ1) is 13.6. The molecule has 1 saturated heterocycles. The molecule has 0 bridgehead atoms. The summed E-state index contributed by atoms with van der Waals surface area (Å²) in [5.41, 5.74) is 3.99. The molecule has 5 nitrogen and oxygen atoms in total. The largest absolute Gasteiger partial charge is 0.394 e. The van der Waals surface area contributed by atoms with Crippen LogP contribution in [0.25, 0.3) is 0 Å². The molecule has 5 atom stereocenters. The lowest BCUT2D eigenvalue weighted by molar-refractivity contribution is -0.0820. The third kappa shape index (κ3) is 4.82. The molecule has 4 N–H and O–H groups in total. The highest BCUT2D eigenvalue weighted by Gasteiger charge is 2.46. The Bertz CT molecular complexity index is 830. The predicted molar refractivity (Wildman–Crippen MR) is 112 cm³/mol. The molecule has 158 valence electrons. The van der Waals surface area contributed by atoms with E-state index in [1.807, 2.05) is 6.07 Å². The van der Waals surface area contributed by atoms with Crippen molar-refractivity contribution in [2.45, 2.75) is 63.1 Å². The molecule has 6 heteroatoms. The number of hydrogen-bond donors (Lipinski definition) is 4. The number of halogens is 1. The lowest BCUT2D eigenvalue weighted by atomic mass is 9.86. The Kier molecular flexibility index (Phi) is 6.68. The minimum absolute atomic E-state index is 0.0859. The van der Waals surface area contributed by atoms with Gasteiger partial charge in [-0.3, -0.25) is 0 Å². The van der Waals surface area contributed by atoms with Gasteiger partial charge < -0.3 is 25.2 Å². The van der Waals surface area contributed by atoms with E-state index in [-0.39, 0.29) is 5.41 Å². The zero-order valence-electron chi connectivity index (χ0n) is 16.9. The van der Waals surface area contributed by atoms with Crippen LogP contribution >= 0.6 is 11.6 Å². The zero-order chi connectivity index (χ0) is 21.3. The molecule has 2 aromatic carbocycles. The van der Waals surface area contributed by atoms with Crippen molar-refractivity contribution in [2.24, 2.45) is 0 Å². The van der Waals surface area contributed by atoms with Crippen molar-refractivity contribution in [3.63, 3.8) is 0 Å². The van der Waals surface area contributed by atoms with Crippen LogP contribution < -0.4 is 0 Å². The normalized spacial score (nSPS) is 25.9. The van der Waals surface area contributed by atoms with Crippen molar-refractivity contribution in [3.8, 4) is 0 Å². The summed E-state index contributed by atoms with van der Waals surface area (Å²) in [6.45, 7) is 5.96. The maximum absolute atomic E-state index is 10.4. The second kappa shape index (κ2) is 8.72. The molecular formula is C23H29ClO5. The zero-order valence-corrected chi connectivity index (χ0v) is 17.7. The Morgan fingerprint density at radius 1 is 1.03 bits per heavy atom. The molecule has 1 aliphatic heterocycles. The van der Waals surface area contributed by atoms with Crippen LogP contribution in [-0.2, 0) is 16.6 Å². The maximum atomic E-state index is 10.4. The fourth-order valence-electron chi connectivity index (χ4n) is 3.65. The van der Waals surface area contributed by atoms with E-state index in [9.17, 15) is 15.3 Å². The molecule has 29 heavy (non-hydrogen) atoms. The van der Waals surface area contributed by atoms with Crippen LogP contribution in [-0.4, -0.2) is 51.4 Å². The molecule has 1 aliphatic rings. The van der Waals surface area contributed by atoms with Gasteiger partial charge in [-0.1, -0.05) is 68.8 Å². The van der Waals surface area contributed by atoms with Gasteiger partial charge in [-0.25, -0.2) is 0 Å². The summed E-state index contributed by atoms with van der Waals surface area (Å²) in [7, 11) is 0. The number of ether oxygens (including phenoxy) is 1. The lowest BCUT2D eigenvalue weighted by Gasteiger charge is -2.20. The second-order valence-electron chi connectivity index (χ2n) is 8.73. The SMILES string of the molecule is CC(C)(C)c1ccc(Cc2cc([C@@H]3O[C@H]([C@H](O)CO)[C@H](O)[C@H]3O)ccc2Cl)cc1. The van der Waals surface area contributed by atoms with Crippen LogP contribution in [0.1, 0.15) is 49.1 Å². The molecule has 0 spiro atoms. The van der Waals surface area contributed by atoms with E-state index >= 15 is 0 Å². The predicted octanol–water partition coefficient (Wildman–Crippen LogP) is 2.74. The van der Waals surface area contributed by atoms with Gasteiger partial charge in [-0.05, 0) is 40.2 Å². The Morgan fingerprint density at radius 2 is 1.69 bits per heavy atom. The van der Waals surface area contributed by atoms with Gasteiger partial charge in [-0.15, -0.1) is 0 Å². The summed E-state index contributed by atoms with van der Waals surface area (Å²) in [4.78, 5) is 0. The van der Waals surface area contributed by atoms with E-state index in [0.29, 0.717) is 17.0 Å². The van der Waals surface area contributed by atoms with Crippen molar-refractivity contribution in [1.82, 2.24) is 0 Å². The summed E-state index contributed by atoms with van der Waals surface area (Å²) >= 11 is 6.40. The first-order valence-corrected chi connectivity index (χ1v) is 10.2. The molecule has 0 saturated carbocycles. The topological polar surface area (TPSA) is 90.2 Å². The highest BCUT2D eigenvalue weighted by molar-refractivity contribution is 6.31. The van der Waals surface area contributed by atoms with Gasteiger partial charge in [0.15, 0.2) is 0 Å². The quantitative estimate of drug-likeness (QED) is 0.597. The first-order valence-electron chi connectivity index (χ1n) is 9.80. The van der Waals surface area contributed by atoms with E-state index in [1.54, 1.807) is 12.1 Å². The molecule has 0 radical (unpaired) electrons. The standard InChI is InChI=1S/C23H29ClO5/c1-23(2,3)16-7-4-13(5-8-16)10-15-11-14(6-9-17(15)24)21-19(27)20(28)22(29-21)18(26)12-25/h4-9,11,18-22,25-28H,10,12H2,1-3H3/t18-,19-,20-,21+,22-/m1/s1. The van der Waals surface area contributed by atoms with Crippen LogP contribution in [0.2, 0.25) is 5.02 Å². The molecule has 0 aromatic heterocycles. The highest BCUT2D eigenvalue weighted by Crippen LogP contribution is 2.36. The fraction of sp³-hybridized carbons (Fsp3) is 0.478. The van der Waals surface area contributed by atoms with Gasteiger partial charge in [0, 0.05) is 5.02 Å². The average molecular weight is 421 g/mol. The summed E-state index contributed by atoms with van der Waals surface area (Å²) in [5.74, 6) is 0. The molecule has 0 unspecified atom stereocenters. The highest BCUT2D eigenvalue weighted by atomic mass is 35.5. The molecule has 1 heterocycles. The van der Waals surface area contributed by atoms with Crippen molar-refractivity contribution in [1.29, 1.82) is 0 Å². The fourth-order valence-corrected chi connectivity index (χ4v) is 3.84. The Balaban J connectivity index is 1.82. The molecular weight excluding hydrogens is 392 g/mol. The molecule has 0 amide bonds. The van der Waals surface area contributed by atoms with Crippen molar-refractivity contribution >= 4 is 11.6 Å². The van der Waals surface area contributed by atoms with Crippen LogP contribution in [0, 0.1) is 0 Å². The Labute approximate surface area is 176 Å². The van der Waals surface area contributed by atoms with Gasteiger partial charge >= 0.3 is 0 Å². The Morgan fingerprint density at radius 3 is 2.28 bits per heavy atom. The third-order valence-electron chi connectivity index (χ3n) is 5.48. The van der Waals surface area contributed by atoms with Crippen molar-refractivity contribution < 1.29 is 25.2 Å². The van der Waals surface area contributed by atoms with E-state index in [0.717, 1.165) is 11.1 Å².